The molecular weight excluding hydrogens is 1330 g/mol. The normalized spacial score (nSPS) is 12.0. The maximum Gasteiger partial charge on any atom is 0.0788 e. The minimum Gasteiger partial charge on any atom is -0.309 e. The van der Waals surface area contributed by atoms with Gasteiger partial charge in [0.25, 0.3) is 0 Å². The Hall–Kier alpha value is -14.7. The third-order valence-electron chi connectivity index (χ3n) is 23.2. The number of fused-ring (bicyclic) bond motifs is 22. The summed E-state index contributed by atoms with van der Waals surface area (Å²) in [5, 5.41) is 20.0. The molecule has 18 aromatic carbocycles. The maximum atomic E-state index is 2.47. The van der Waals surface area contributed by atoms with Crippen LogP contribution in [0.1, 0.15) is 0 Å². The van der Waals surface area contributed by atoms with Crippen molar-refractivity contribution in [2.45, 2.75) is 0 Å². The zero-order valence-electron chi connectivity index (χ0n) is 59.8. The van der Waals surface area contributed by atoms with E-state index >= 15 is 0 Å². The first-order valence-electron chi connectivity index (χ1n) is 37.9. The summed E-state index contributed by atoms with van der Waals surface area (Å²) in [6.45, 7) is 0. The summed E-state index contributed by atoms with van der Waals surface area (Å²) in [5.41, 5.74) is 26.3. The van der Waals surface area contributed by atoms with E-state index in [2.05, 4.69) is 428 Å². The van der Waals surface area contributed by atoms with Gasteiger partial charge in [0.15, 0.2) is 0 Å². The Morgan fingerprint density at radius 2 is 0.391 bits per heavy atom. The molecule has 0 amide bonds. The van der Waals surface area contributed by atoms with E-state index in [-0.39, 0.29) is 0 Å². The molecule has 24 aromatic rings. The molecular formula is C104H66N6. The fourth-order valence-electron chi connectivity index (χ4n) is 18.4. The van der Waals surface area contributed by atoms with Crippen molar-refractivity contribution in [1.29, 1.82) is 0 Å². The lowest BCUT2D eigenvalue weighted by molar-refractivity contribution is 1.15. The lowest BCUT2D eigenvalue weighted by Crippen LogP contribution is -1.98. The SMILES string of the molecule is c1ccc(-n2c3ccccc3c3c2ccc2c4cc(-c5ccc6c(c5)c5ccccc5n6-c5ccc6ccccc6c5)ccc4n(-c4ccccc4)c23)cc1.c1ccc(-n2c3ccccc3c3ccc4c5cc(-c6ccc7c(c6)c6ccccc6n7-c6ccc7ccccc7c6)ccc5n(-c5ccccc5)c4c32)cc1. The number of hydrogen-bond acceptors (Lipinski definition) is 0. The Bertz CT molecular complexity index is 7870. The van der Waals surface area contributed by atoms with E-state index in [1.54, 1.807) is 0 Å². The van der Waals surface area contributed by atoms with Crippen LogP contribution in [0.2, 0.25) is 0 Å². The summed E-state index contributed by atoms with van der Waals surface area (Å²) in [5.74, 6) is 0. The number of rotatable bonds is 8. The van der Waals surface area contributed by atoms with Crippen LogP contribution in [0.15, 0.2) is 400 Å². The van der Waals surface area contributed by atoms with Gasteiger partial charge in [-0.2, -0.15) is 0 Å². The van der Waals surface area contributed by atoms with Crippen LogP contribution in [0.3, 0.4) is 0 Å². The lowest BCUT2D eigenvalue weighted by atomic mass is 10.00. The molecule has 6 nitrogen and oxygen atoms in total. The molecule has 0 aliphatic heterocycles. The van der Waals surface area contributed by atoms with Crippen LogP contribution in [-0.4, -0.2) is 27.4 Å². The molecule has 24 rings (SSSR count). The first-order chi connectivity index (χ1) is 54.6. The molecule has 0 unspecified atom stereocenters. The van der Waals surface area contributed by atoms with Gasteiger partial charge >= 0.3 is 0 Å². The molecule has 0 bridgehead atoms. The molecule has 512 valence electrons. The van der Waals surface area contributed by atoms with Crippen LogP contribution in [0.5, 0.6) is 0 Å². The highest BCUT2D eigenvalue weighted by Gasteiger charge is 2.25. The van der Waals surface area contributed by atoms with Crippen molar-refractivity contribution in [3.8, 4) is 56.4 Å². The molecule has 0 saturated heterocycles. The number of aromatic nitrogens is 6. The predicted octanol–water partition coefficient (Wildman–Crippen LogP) is 27.6. The Morgan fingerprint density at radius 1 is 0.127 bits per heavy atom. The summed E-state index contributed by atoms with van der Waals surface area (Å²) < 4.78 is 14.6. The molecule has 0 saturated carbocycles. The topological polar surface area (TPSA) is 29.6 Å². The zero-order valence-corrected chi connectivity index (χ0v) is 59.8. The summed E-state index contributed by atoms with van der Waals surface area (Å²) in [7, 11) is 0. The van der Waals surface area contributed by atoms with Crippen molar-refractivity contribution in [3.63, 3.8) is 0 Å². The molecule has 0 atom stereocenters. The van der Waals surface area contributed by atoms with Crippen LogP contribution in [0.4, 0.5) is 0 Å². The number of benzene rings is 18. The van der Waals surface area contributed by atoms with Gasteiger partial charge in [0.2, 0.25) is 0 Å². The molecule has 0 fully saturated rings. The van der Waals surface area contributed by atoms with E-state index < -0.39 is 0 Å². The molecule has 0 aliphatic rings. The fraction of sp³-hybridized carbons (Fsp3) is 0. The van der Waals surface area contributed by atoms with E-state index in [1.165, 1.54) is 186 Å². The van der Waals surface area contributed by atoms with E-state index in [0.717, 1.165) is 22.7 Å². The standard InChI is InChI=1S/2C52H33N3/c1-3-15-38(16-4-1)54-48-22-12-9-19-41(48)43-27-28-44-46-33-37(25-30-50(46)55(52(44)51(43)54)39-17-5-2-6-18-39)36-24-29-49-45(32-36)42-20-10-11-21-47(42)53(49)40-26-23-34-13-7-8-14-35(34)31-40;1-3-15-38(16-4-1)53-47-22-12-10-20-43(47)51-50(53)30-27-42-45-33-37(25-29-49(45)55(52(42)51)39-17-5-2-6-18-39)36-24-28-48-44(32-36)41-19-9-11-21-46(41)54(48)40-26-23-34-13-7-8-14-35(34)31-40/h2*1-33H. The minimum atomic E-state index is 1.15. The minimum absolute atomic E-state index is 1.15. The maximum absolute atomic E-state index is 2.47. The quantitative estimate of drug-likeness (QED) is 0.145. The first-order valence-corrected chi connectivity index (χ1v) is 37.9. The second kappa shape index (κ2) is 24.4. The van der Waals surface area contributed by atoms with Crippen LogP contribution < -0.4 is 0 Å². The first kappa shape index (κ1) is 61.6. The summed E-state index contributed by atoms with van der Waals surface area (Å²) >= 11 is 0. The van der Waals surface area contributed by atoms with Crippen LogP contribution in [-0.2, 0) is 0 Å². The summed E-state index contributed by atoms with van der Waals surface area (Å²) in [4.78, 5) is 0. The third kappa shape index (κ3) is 9.36. The molecule has 6 heterocycles. The molecule has 6 aromatic heterocycles. The molecule has 0 spiro atoms. The monoisotopic (exact) mass is 1400 g/mol. The molecule has 110 heavy (non-hydrogen) atoms. The second-order valence-corrected chi connectivity index (χ2v) is 29.1. The van der Waals surface area contributed by atoms with Crippen molar-refractivity contribution in [1.82, 2.24) is 27.4 Å². The Balaban J connectivity index is 0.000000132. The smallest absolute Gasteiger partial charge is 0.0788 e. The van der Waals surface area contributed by atoms with Gasteiger partial charge in [0.05, 0.1) is 66.2 Å². The number of hydrogen-bond donors (Lipinski definition) is 0. The van der Waals surface area contributed by atoms with Crippen molar-refractivity contribution in [2.75, 3.05) is 0 Å². The van der Waals surface area contributed by atoms with Crippen molar-refractivity contribution < 1.29 is 0 Å². The van der Waals surface area contributed by atoms with Gasteiger partial charge in [-0.15, -0.1) is 0 Å². The third-order valence-corrected chi connectivity index (χ3v) is 23.2. The summed E-state index contributed by atoms with van der Waals surface area (Å²) in [6, 6.07) is 146. The van der Waals surface area contributed by atoms with Crippen molar-refractivity contribution in [2.24, 2.45) is 0 Å². The Kier molecular flexibility index (Phi) is 13.7. The van der Waals surface area contributed by atoms with Crippen LogP contribution in [0.25, 0.3) is 209 Å². The highest BCUT2D eigenvalue weighted by Crippen LogP contribution is 2.47. The van der Waals surface area contributed by atoms with Crippen LogP contribution >= 0.6 is 0 Å². The van der Waals surface area contributed by atoms with Crippen LogP contribution in [0, 0.1) is 0 Å². The number of nitrogens with zero attached hydrogens (tertiary/aromatic N) is 6. The van der Waals surface area contributed by atoms with E-state index in [0.29, 0.717) is 0 Å². The molecule has 0 aliphatic carbocycles. The van der Waals surface area contributed by atoms with E-state index in [1.807, 2.05) is 0 Å². The van der Waals surface area contributed by atoms with Gasteiger partial charge in [-0.1, -0.05) is 249 Å². The van der Waals surface area contributed by atoms with Crippen molar-refractivity contribution in [3.05, 3.63) is 400 Å². The average molecular weight is 1400 g/mol. The number of para-hydroxylation sites is 8. The van der Waals surface area contributed by atoms with Gasteiger partial charge < -0.3 is 27.4 Å². The van der Waals surface area contributed by atoms with E-state index in [9.17, 15) is 0 Å². The van der Waals surface area contributed by atoms with Gasteiger partial charge in [0.1, 0.15) is 0 Å². The summed E-state index contributed by atoms with van der Waals surface area (Å²) in [6.07, 6.45) is 0. The highest BCUT2D eigenvalue weighted by molar-refractivity contribution is 6.28. The van der Waals surface area contributed by atoms with E-state index in [4.69, 9.17) is 0 Å². The molecule has 0 radical (unpaired) electrons. The average Bonchev–Trinajstić information content (AvgIpc) is 1.55. The zero-order chi connectivity index (χ0) is 72.1. The molecule has 0 N–H and O–H groups in total. The van der Waals surface area contributed by atoms with Gasteiger partial charge in [-0.05, 0) is 195 Å². The molecule has 6 heteroatoms. The Labute approximate surface area is 632 Å². The fourth-order valence-corrected chi connectivity index (χ4v) is 18.4. The highest BCUT2D eigenvalue weighted by atomic mass is 15.1. The van der Waals surface area contributed by atoms with Gasteiger partial charge in [0, 0.05) is 98.8 Å². The lowest BCUT2D eigenvalue weighted by Gasteiger charge is -2.12. The predicted molar refractivity (Wildman–Crippen MR) is 465 cm³/mol. The largest absolute Gasteiger partial charge is 0.309 e. The van der Waals surface area contributed by atoms with Gasteiger partial charge in [-0.25, -0.2) is 0 Å². The Morgan fingerprint density at radius 3 is 0.818 bits per heavy atom. The van der Waals surface area contributed by atoms with Gasteiger partial charge in [-0.3, -0.25) is 0 Å². The second-order valence-electron chi connectivity index (χ2n) is 29.1. The van der Waals surface area contributed by atoms with Crippen molar-refractivity contribution >= 4 is 152 Å².